The number of quaternary nitrogens is 1. The SMILES string of the molecule is CC[N+](C)(C)CCCN(C)S(=O)(=O)c1cc(F)c(CSc2ncc(C(C)(C)c3ccc(F)c(OC)c3)n2-c2ccc(F)cc2)c(Cl)c1. The maximum Gasteiger partial charge on any atom is 0.242 e. The van der Waals surface area contributed by atoms with E-state index < -0.39 is 32.9 Å². The summed E-state index contributed by atoms with van der Waals surface area (Å²) in [6.45, 7) is 7.97. The number of ether oxygens (including phenoxy) is 1. The first-order valence-electron chi connectivity index (χ1n) is 15.1. The van der Waals surface area contributed by atoms with Crippen LogP contribution in [0.1, 0.15) is 44.0 Å². The molecule has 0 atom stereocenters. The molecule has 0 bridgehead atoms. The third kappa shape index (κ3) is 8.17. The first-order valence-corrected chi connectivity index (χ1v) is 17.9. The molecule has 3 aromatic carbocycles. The summed E-state index contributed by atoms with van der Waals surface area (Å²) in [5, 5.41) is 0.446. The quantitative estimate of drug-likeness (QED) is 0.0994. The largest absolute Gasteiger partial charge is 0.494 e. The monoisotopic (exact) mass is 709 g/mol. The molecular weight excluding hydrogens is 669 g/mol. The maximum atomic E-state index is 15.6. The number of methoxy groups -OCH3 is 1. The van der Waals surface area contributed by atoms with Gasteiger partial charge in [-0.25, -0.2) is 30.9 Å². The molecule has 47 heavy (non-hydrogen) atoms. The minimum absolute atomic E-state index is 0.0212. The first-order chi connectivity index (χ1) is 22.0. The average molecular weight is 710 g/mol. The second kappa shape index (κ2) is 14.6. The molecule has 0 aliphatic carbocycles. The summed E-state index contributed by atoms with van der Waals surface area (Å²) in [5.74, 6) is -1.52. The van der Waals surface area contributed by atoms with Crippen molar-refractivity contribution in [3.63, 3.8) is 0 Å². The van der Waals surface area contributed by atoms with Gasteiger partial charge in [-0.3, -0.25) is 4.57 Å². The van der Waals surface area contributed by atoms with E-state index in [-0.39, 0.29) is 33.5 Å². The predicted molar refractivity (Wildman–Crippen MR) is 182 cm³/mol. The Kier molecular flexibility index (Phi) is 11.4. The lowest BCUT2D eigenvalue weighted by Crippen LogP contribution is -2.41. The standard InChI is InChI=1S/C34H41ClF3N4O3S2/c1-8-42(5,6)17-9-16-40(4)47(43,44)26-19-28(35)27(30(38)20-26)22-46-33-39-21-32(41(33)25-13-11-24(36)12-14-25)34(2,3)23-10-15-29(37)31(18-23)45-7/h10-15,18-21H,8-9,16-17,22H2,1-7H3/q+1. The van der Waals surface area contributed by atoms with Gasteiger partial charge in [-0.2, -0.15) is 0 Å². The Bertz CT molecular complexity index is 1810. The Balaban J connectivity index is 1.64. The highest BCUT2D eigenvalue weighted by molar-refractivity contribution is 7.98. The smallest absolute Gasteiger partial charge is 0.242 e. The van der Waals surface area contributed by atoms with Crippen LogP contribution in [-0.2, 0) is 21.2 Å². The van der Waals surface area contributed by atoms with Crippen molar-refractivity contribution in [2.75, 3.05) is 47.9 Å². The van der Waals surface area contributed by atoms with Gasteiger partial charge in [-0.05, 0) is 61.0 Å². The van der Waals surface area contributed by atoms with Gasteiger partial charge in [-0.1, -0.05) is 43.3 Å². The molecule has 4 rings (SSSR count). The number of rotatable bonds is 14. The number of thioether (sulfide) groups is 1. The van der Waals surface area contributed by atoms with E-state index in [0.717, 1.165) is 29.2 Å². The molecule has 7 nitrogen and oxygen atoms in total. The van der Waals surface area contributed by atoms with Crippen molar-refractivity contribution in [3.8, 4) is 11.4 Å². The van der Waals surface area contributed by atoms with Crippen LogP contribution in [0.3, 0.4) is 0 Å². The molecular formula is C34H41ClF3N4O3S2+. The number of sulfonamides is 1. The number of halogens is 4. The van der Waals surface area contributed by atoms with E-state index in [1.54, 1.807) is 30.5 Å². The number of hydrogen-bond acceptors (Lipinski definition) is 5. The van der Waals surface area contributed by atoms with Crippen LogP contribution in [0.25, 0.3) is 5.69 Å². The zero-order chi connectivity index (χ0) is 34.7. The fourth-order valence-corrected chi connectivity index (χ4v) is 7.79. The molecule has 254 valence electrons. The molecule has 4 aromatic rings. The Morgan fingerprint density at radius 3 is 2.34 bits per heavy atom. The van der Waals surface area contributed by atoms with Gasteiger partial charge in [0.1, 0.15) is 11.6 Å². The average Bonchev–Trinajstić information content (AvgIpc) is 3.45. The molecule has 1 heterocycles. The second-order valence-corrected chi connectivity index (χ2v) is 15.9. The van der Waals surface area contributed by atoms with Gasteiger partial charge in [0.25, 0.3) is 0 Å². The van der Waals surface area contributed by atoms with Crippen LogP contribution in [0.15, 0.2) is 70.8 Å². The van der Waals surface area contributed by atoms with Crippen molar-refractivity contribution in [1.29, 1.82) is 0 Å². The molecule has 0 spiro atoms. The van der Waals surface area contributed by atoms with Crippen LogP contribution in [0.4, 0.5) is 13.2 Å². The Labute approximate surface area is 285 Å². The molecule has 0 radical (unpaired) electrons. The van der Waals surface area contributed by atoms with E-state index in [4.69, 9.17) is 16.3 Å². The molecule has 0 N–H and O–H groups in total. The highest BCUT2D eigenvalue weighted by atomic mass is 35.5. The summed E-state index contributed by atoms with van der Waals surface area (Å²) in [7, 11) is 3.06. The van der Waals surface area contributed by atoms with E-state index in [1.807, 2.05) is 18.4 Å². The molecule has 1 aromatic heterocycles. The van der Waals surface area contributed by atoms with Crippen molar-refractivity contribution >= 4 is 33.4 Å². The van der Waals surface area contributed by atoms with Crippen LogP contribution in [-0.4, -0.2) is 74.6 Å². The minimum Gasteiger partial charge on any atom is -0.494 e. The van der Waals surface area contributed by atoms with Gasteiger partial charge in [-0.15, -0.1) is 0 Å². The Morgan fingerprint density at radius 1 is 1.04 bits per heavy atom. The summed E-state index contributed by atoms with van der Waals surface area (Å²) in [5.41, 5.74) is 1.47. The van der Waals surface area contributed by atoms with Crippen LogP contribution >= 0.6 is 23.4 Å². The van der Waals surface area contributed by atoms with Gasteiger partial charge in [0.2, 0.25) is 10.0 Å². The molecule has 0 amide bonds. The maximum absolute atomic E-state index is 15.6. The number of imidazole rings is 1. The highest BCUT2D eigenvalue weighted by Gasteiger charge is 2.31. The van der Waals surface area contributed by atoms with E-state index in [2.05, 4.69) is 26.0 Å². The number of hydrogen-bond donors (Lipinski definition) is 0. The van der Waals surface area contributed by atoms with Crippen LogP contribution < -0.4 is 4.74 Å². The van der Waals surface area contributed by atoms with Crippen molar-refractivity contribution in [2.45, 2.75) is 48.4 Å². The normalized spacial score (nSPS) is 12.6. The third-order valence-electron chi connectivity index (χ3n) is 8.59. The zero-order valence-corrected chi connectivity index (χ0v) is 30.0. The minimum atomic E-state index is -3.97. The predicted octanol–water partition coefficient (Wildman–Crippen LogP) is 7.68. The zero-order valence-electron chi connectivity index (χ0n) is 27.7. The second-order valence-electron chi connectivity index (χ2n) is 12.5. The van der Waals surface area contributed by atoms with Crippen molar-refractivity contribution < 1.29 is 30.8 Å². The van der Waals surface area contributed by atoms with Gasteiger partial charge >= 0.3 is 0 Å². The molecule has 0 aliphatic rings. The molecule has 0 fully saturated rings. The Hall–Kier alpha value is -3.03. The molecule has 0 unspecified atom stereocenters. The van der Waals surface area contributed by atoms with Crippen molar-refractivity contribution in [2.24, 2.45) is 0 Å². The van der Waals surface area contributed by atoms with Gasteiger partial charge in [0, 0.05) is 47.5 Å². The summed E-state index contributed by atoms with van der Waals surface area (Å²) in [4.78, 5) is 4.41. The number of nitrogens with zero attached hydrogens (tertiary/aromatic N) is 4. The highest BCUT2D eigenvalue weighted by Crippen LogP contribution is 2.39. The molecule has 0 saturated carbocycles. The third-order valence-corrected chi connectivity index (χ3v) is 11.7. The number of aromatic nitrogens is 2. The lowest BCUT2D eigenvalue weighted by Gasteiger charge is -2.29. The molecule has 0 saturated heterocycles. The van der Waals surface area contributed by atoms with E-state index in [9.17, 15) is 17.2 Å². The van der Waals surface area contributed by atoms with Gasteiger partial charge in [0.05, 0.1) is 51.1 Å². The fraction of sp³-hybridized carbons (Fsp3) is 0.382. The summed E-state index contributed by atoms with van der Waals surface area (Å²) < 4.78 is 79.3. The number of benzene rings is 3. The fourth-order valence-electron chi connectivity index (χ4n) is 5.10. The van der Waals surface area contributed by atoms with Crippen LogP contribution in [0, 0.1) is 17.5 Å². The topological polar surface area (TPSA) is 64.4 Å². The van der Waals surface area contributed by atoms with Gasteiger partial charge in [0.15, 0.2) is 16.7 Å². The van der Waals surface area contributed by atoms with Crippen LogP contribution in [0.2, 0.25) is 5.02 Å². The van der Waals surface area contributed by atoms with Crippen LogP contribution in [0.5, 0.6) is 5.75 Å². The van der Waals surface area contributed by atoms with Gasteiger partial charge < -0.3 is 9.22 Å². The van der Waals surface area contributed by atoms with Crippen molar-refractivity contribution in [1.82, 2.24) is 13.9 Å². The lowest BCUT2D eigenvalue weighted by molar-refractivity contribution is -0.888. The molecule has 13 heteroatoms. The van der Waals surface area contributed by atoms with E-state index in [0.29, 0.717) is 23.0 Å². The van der Waals surface area contributed by atoms with Crippen molar-refractivity contribution in [3.05, 3.63) is 100 Å². The summed E-state index contributed by atoms with van der Waals surface area (Å²) >= 11 is 7.71. The molecule has 0 aliphatic heterocycles. The summed E-state index contributed by atoms with van der Waals surface area (Å²) in [6.07, 6.45) is 2.32. The van der Waals surface area contributed by atoms with E-state index in [1.165, 1.54) is 54.5 Å². The first kappa shape index (κ1) is 36.8. The Morgan fingerprint density at radius 2 is 1.72 bits per heavy atom. The summed E-state index contributed by atoms with van der Waals surface area (Å²) in [6, 6.07) is 12.8. The lowest BCUT2D eigenvalue weighted by atomic mass is 9.81. The van der Waals surface area contributed by atoms with E-state index >= 15 is 4.39 Å².